The van der Waals surface area contributed by atoms with Crippen LogP contribution in [0.2, 0.25) is 0 Å². The Labute approximate surface area is 109 Å². The van der Waals surface area contributed by atoms with Crippen molar-refractivity contribution in [3.05, 3.63) is 27.7 Å². The monoisotopic (exact) mass is 326 g/mol. The number of primary amides is 1. The number of nitrogens with two attached hydrogens (primary N) is 2. The molecule has 0 aliphatic carbocycles. The molecule has 8 heteroatoms. The van der Waals surface area contributed by atoms with Crippen LogP contribution in [-0.4, -0.2) is 11.0 Å². The fraction of sp³-hybridized carbons (Fsp3) is 0.300. The second kappa shape index (κ2) is 5.15. The molecule has 18 heavy (non-hydrogen) atoms. The predicted octanol–water partition coefficient (Wildman–Crippen LogP) is 2.05. The van der Waals surface area contributed by atoms with Crippen molar-refractivity contribution in [1.82, 2.24) is 0 Å². The average molecular weight is 327 g/mol. The van der Waals surface area contributed by atoms with Crippen molar-refractivity contribution in [2.24, 2.45) is 11.5 Å². The summed E-state index contributed by atoms with van der Waals surface area (Å²) in [5.41, 5.74) is 9.04. The third kappa shape index (κ3) is 3.36. The van der Waals surface area contributed by atoms with Gasteiger partial charge in [0.05, 0.1) is 5.56 Å². The molecule has 0 aromatic heterocycles. The molecule has 5 N–H and O–H groups in total. The van der Waals surface area contributed by atoms with Crippen LogP contribution in [0.5, 0.6) is 5.75 Å². The Kier molecular flexibility index (Phi) is 4.23. The van der Waals surface area contributed by atoms with E-state index in [-0.39, 0.29) is 16.5 Å². The fourth-order valence-corrected chi connectivity index (χ4v) is 1.92. The van der Waals surface area contributed by atoms with E-state index in [1.807, 2.05) is 0 Å². The Morgan fingerprint density at radius 3 is 2.44 bits per heavy atom. The van der Waals surface area contributed by atoms with Crippen LogP contribution in [0.1, 0.15) is 23.6 Å². The smallest absolute Gasteiger partial charge is 0.420 e. The first kappa shape index (κ1) is 14.8. The van der Waals surface area contributed by atoms with Gasteiger partial charge < -0.3 is 16.6 Å². The molecule has 1 aromatic rings. The van der Waals surface area contributed by atoms with Gasteiger partial charge >= 0.3 is 6.18 Å². The van der Waals surface area contributed by atoms with Gasteiger partial charge in [0.25, 0.3) is 0 Å². The summed E-state index contributed by atoms with van der Waals surface area (Å²) in [5, 5.41) is 9.56. The minimum absolute atomic E-state index is 0.0996. The number of phenolic OH excluding ortho intramolecular Hbond substituents is 1. The van der Waals surface area contributed by atoms with Crippen molar-refractivity contribution < 1.29 is 23.1 Å². The van der Waals surface area contributed by atoms with Gasteiger partial charge in [-0.25, -0.2) is 0 Å². The lowest BCUT2D eigenvalue weighted by atomic mass is 10.00. The van der Waals surface area contributed by atoms with E-state index in [9.17, 15) is 23.1 Å². The Morgan fingerprint density at radius 2 is 2.00 bits per heavy atom. The molecule has 1 aromatic carbocycles. The van der Waals surface area contributed by atoms with E-state index in [4.69, 9.17) is 11.5 Å². The van der Waals surface area contributed by atoms with E-state index >= 15 is 0 Å². The maximum absolute atomic E-state index is 12.6. The highest BCUT2D eigenvalue weighted by Gasteiger charge is 2.36. The number of phenols is 1. The van der Waals surface area contributed by atoms with E-state index in [2.05, 4.69) is 15.9 Å². The van der Waals surface area contributed by atoms with E-state index in [0.717, 1.165) is 6.07 Å². The molecule has 4 nitrogen and oxygen atoms in total. The number of carbonyl (C=O) groups is 1. The van der Waals surface area contributed by atoms with Crippen molar-refractivity contribution in [2.45, 2.75) is 18.6 Å². The van der Waals surface area contributed by atoms with Crippen molar-refractivity contribution >= 4 is 21.8 Å². The molecule has 1 atom stereocenters. The minimum Gasteiger partial charge on any atom is -0.507 e. The van der Waals surface area contributed by atoms with E-state index < -0.39 is 29.4 Å². The van der Waals surface area contributed by atoms with Gasteiger partial charge in [-0.2, -0.15) is 13.2 Å². The Hall–Kier alpha value is -1.28. The van der Waals surface area contributed by atoms with Crippen molar-refractivity contribution in [3.8, 4) is 5.75 Å². The lowest BCUT2D eigenvalue weighted by Gasteiger charge is -2.17. The normalized spacial score (nSPS) is 13.4. The van der Waals surface area contributed by atoms with Crippen LogP contribution in [0.25, 0.3) is 0 Å². The molecular formula is C10H10BrF3N2O2. The highest BCUT2D eigenvalue weighted by molar-refractivity contribution is 9.10. The van der Waals surface area contributed by atoms with Gasteiger partial charge in [0, 0.05) is 22.5 Å². The first-order valence-corrected chi connectivity index (χ1v) is 5.55. The fourth-order valence-electron chi connectivity index (χ4n) is 1.45. The maximum atomic E-state index is 12.6. The van der Waals surface area contributed by atoms with E-state index in [1.54, 1.807) is 0 Å². The van der Waals surface area contributed by atoms with Crippen molar-refractivity contribution in [3.63, 3.8) is 0 Å². The summed E-state index contributed by atoms with van der Waals surface area (Å²) in [5.74, 6) is -1.75. The summed E-state index contributed by atoms with van der Waals surface area (Å²) in [6, 6.07) is 0.856. The molecule has 1 amide bonds. The Bertz CT molecular complexity index is 477. The lowest BCUT2D eigenvalue weighted by Crippen LogP contribution is -2.21. The van der Waals surface area contributed by atoms with Crippen molar-refractivity contribution in [2.75, 3.05) is 0 Å². The molecule has 0 heterocycles. The SMILES string of the molecule is NC(=O)CC(N)c1cc(Br)cc(C(F)(F)F)c1O. The van der Waals surface area contributed by atoms with Crippen LogP contribution in [0, 0.1) is 0 Å². The topological polar surface area (TPSA) is 89.3 Å². The standard InChI is InChI=1S/C10H10BrF3N2O2/c11-4-1-5(7(15)3-8(16)17)9(18)6(2-4)10(12,13)14/h1-2,7,18H,3,15H2,(H2,16,17). The van der Waals surface area contributed by atoms with Crippen LogP contribution in [0.15, 0.2) is 16.6 Å². The van der Waals surface area contributed by atoms with E-state index in [1.165, 1.54) is 6.07 Å². The second-order valence-corrected chi connectivity index (χ2v) is 4.58. The molecule has 0 saturated heterocycles. The quantitative estimate of drug-likeness (QED) is 0.794. The Balaban J connectivity index is 3.29. The van der Waals surface area contributed by atoms with Gasteiger partial charge in [-0.1, -0.05) is 15.9 Å². The van der Waals surface area contributed by atoms with Crippen LogP contribution in [0.4, 0.5) is 13.2 Å². The zero-order chi connectivity index (χ0) is 14.1. The van der Waals surface area contributed by atoms with Crippen LogP contribution >= 0.6 is 15.9 Å². The molecule has 0 spiro atoms. The lowest BCUT2D eigenvalue weighted by molar-refractivity contribution is -0.138. The highest BCUT2D eigenvalue weighted by atomic mass is 79.9. The molecule has 0 aliphatic heterocycles. The Morgan fingerprint density at radius 1 is 1.44 bits per heavy atom. The average Bonchev–Trinajstić information content (AvgIpc) is 2.18. The number of rotatable bonds is 3. The molecule has 1 unspecified atom stereocenters. The van der Waals surface area contributed by atoms with Gasteiger partial charge in [0.15, 0.2) is 0 Å². The highest BCUT2D eigenvalue weighted by Crippen LogP contribution is 2.41. The van der Waals surface area contributed by atoms with Crippen LogP contribution in [-0.2, 0) is 11.0 Å². The second-order valence-electron chi connectivity index (χ2n) is 3.67. The van der Waals surface area contributed by atoms with E-state index in [0.29, 0.717) is 0 Å². The summed E-state index contributed by atoms with van der Waals surface area (Å²) in [6.07, 6.45) is -5.07. The maximum Gasteiger partial charge on any atom is 0.420 e. The van der Waals surface area contributed by atoms with Gasteiger partial charge in [-0.3, -0.25) is 4.79 Å². The zero-order valence-electron chi connectivity index (χ0n) is 8.96. The zero-order valence-corrected chi connectivity index (χ0v) is 10.5. The van der Waals surface area contributed by atoms with Gasteiger partial charge in [-0.15, -0.1) is 0 Å². The third-order valence-corrected chi connectivity index (χ3v) is 2.69. The van der Waals surface area contributed by atoms with Gasteiger partial charge in [0.1, 0.15) is 5.75 Å². The van der Waals surface area contributed by atoms with Crippen LogP contribution < -0.4 is 11.5 Å². The summed E-state index contributed by atoms with van der Waals surface area (Å²) in [6.45, 7) is 0. The first-order chi connectivity index (χ1) is 8.12. The number of hydrogen-bond acceptors (Lipinski definition) is 3. The summed E-state index contributed by atoms with van der Waals surface area (Å²) in [4.78, 5) is 10.7. The number of carbonyl (C=O) groups excluding carboxylic acids is 1. The summed E-state index contributed by atoms with van der Waals surface area (Å²) in [7, 11) is 0. The first-order valence-electron chi connectivity index (χ1n) is 4.76. The molecule has 0 bridgehead atoms. The summed E-state index contributed by atoms with van der Waals surface area (Å²) >= 11 is 2.89. The number of amides is 1. The van der Waals surface area contributed by atoms with Gasteiger partial charge in [0.2, 0.25) is 5.91 Å². The largest absolute Gasteiger partial charge is 0.507 e. The van der Waals surface area contributed by atoms with Crippen LogP contribution in [0.3, 0.4) is 0 Å². The number of hydrogen-bond donors (Lipinski definition) is 3. The number of benzene rings is 1. The van der Waals surface area contributed by atoms with Crippen molar-refractivity contribution in [1.29, 1.82) is 0 Å². The molecular weight excluding hydrogens is 317 g/mol. The minimum atomic E-state index is -4.71. The molecule has 0 aliphatic rings. The van der Waals surface area contributed by atoms with Gasteiger partial charge in [-0.05, 0) is 12.1 Å². The number of alkyl halides is 3. The molecule has 0 saturated carbocycles. The predicted molar refractivity (Wildman–Crippen MR) is 61.5 cm³/mol. The number of halogens is 4. The molecule has 100 valence electrons. The molecule has 0 fully saturated rings. The number of aromatic hydroxyl groups is 1. The molecule has 0 radical (unpaired) electrons. The molecule has 1 rings (SSSR count). The summed E-state index contributed by atoms with van der Waals surface area (Å²) < 4.78 is 38.0. The third-order valence-electron chi connectivity index (χ3n) is 2.23.